The van der Waals surface area contributed by atoms with E-state index < -0.39 is 0 Å². The summed E-state index contributed by atoms with van der Waals surface area (Å²) in [6, 6.07) is 13.4. The van der Waals surface area contributed by atoms with Crippen LogP contribution in [-0.2, 0) is 6.42 Å². The first-order chi connectivity index (χ1) is 9.15. The van der Waals surface area contributed by atoms with Crippen molar-refractivity contribution in [3.63, 3.8) is 0 Å². The van der Waals surface area contributed by atoms with Crippen LogP contribution in [0.2, 0.25) is 0 Å². The van der Waals surface area contributed by atoms with E-state index >= 15 is 0 Å². The third-order valence-corrected chi connectivity index (χ3v) is 4.34. The van der Waals surface area contributed by atoms with Gasteiger partial charge in [0.05, 0.1) is 0 Å². The van der Waals surface area contributed by atoms with Crippen molar-refractivity contribution >= 4 is 5.69 Å². The summed E-state index contributed by atoms with van der Waals surface area (Å²) in [5.74, 6) is 0.592. The van der Waals surface area contributed by atoms with Gasteiger partial charge in [-0.3, -0.25) is 0 Å². The van der Waals surface area contributed by atoms with Crippen molar-refractivity contribution in [1.82, 2.24) is 0 Å². The van der Waals surface area contributed by atoms with Gasteiger partial charge in [-0.05, 0) is 61.1 Å². The number of anilines is 1. The van der Waals surface area contributed by atoms with E-state index in [4.69, 9.17) is 0 Å². The van der Waals surface area contributed by atoms with Crippen LogP contribution in [0.25, 0.3) is 0 Å². The summed E-state index contributed by atoms with van der Waals surface area (Å²) in [6.45, 7) is 7.69. The van der Waals surface area contributed by atoms with Crippen LogP contribution < -0.4 is 5.32 Å². The maximum Gasteiger partial charge on any atom is 0.0373 e. The van der Waals surface area contributed by atoms with Crippen LogP contribution in [0.15, 0.2) is 36.4 Å². The number of nitrogens with one attached hydrogen (secondary N) is 1. The molecule has 0 radical (unpaired) electrons. The molecule has 1 unspecified atom stereocenters. The van der Waals surface area contributed by atoms with Crippen molar-refractivity contribution in [3.8, 4) is 0 Å². The van der Waals surface area contributed by atoms with Gasteiger partial charge in [0.25, 0.3) is 0 Å². The lowest BCUT2D eigenvalue weighted by atomic mass is 9.84. The minimum Gasteiger partial charge on any atom is -0.384 e. The number of hydrogen-bond donors (Lipinski definition) is 1. The van der Waals surface area contributed by atoms with Crippen LogP contribution in [0.5, 0.6) is 0 Å². The SMILES string of the molecule is Cc1cc(C)c(C2CNc3ccccc3C2)cc1C. The summed E-state index contributed by atoms with van der Waals surface area (Å²) in [5, 5.41) is 3.57. The zero-order chi connectivity index (χ0) is 13.4. The number of aryl methyl sites for hydroxylation is 3. The highest BCUT2D eigenvalue weighted by atomic mass is 14.9. The average Bonchev–Trinajstić information content (AvgIpc) is 2.42. The highest BCUT2D eigenvalue weighted by Gasteiger charge is 2.21. The minimum absolute atomic E-state index is 0.592. The Morgan fingerprint density at radius 3 is 2.53 bits per heavy atom. The maximum atomic E-state index is 3.57. The molecule has 19 heavy (non-hydrogen) atoms. The van der Waals surface area contributed by atoms with Crippen LogP contribution in [-0.4, -0.2) is 6.54 Å². The first-order valence-electron chi connectivity index (χ1n) is 7.04. The second-order valence-corrected chi connectivity index (χ2v) is 5.73. The molecule has 3 rings (SSSR count). The smallest absolute Gasteiger partial charge is 0.0373 e. The first-order valence-corrected chi connectivity index (χ1v) is 7.04. The molecule has 1 N–H and O–H groups in total. The zero-order valence-electron chi connectivity index (χ0n) is 12.0. The fraction of sp³-hybridized carbons (Fsp3) is 0.333. The van der Waals surface area contributed by atoms with Crippen molar-refractivity contribution in [2.75, 3.05) is 11.9 Å². The van der Waals surface area contributed by atoms with E-state index in [2.05, 4.69) is 62.5 Å². The molecule has 1 nitrogen and oxygen atoms in total. The Kier molecular flexibility index (Phi) is 3.06. The Bertz CT molecular complexity index is 613. The summed E-state index contributed by atoms with van der Waals surface area (Å²) in [6.07, 6.45) is 1.15. The zero-order valence-corrected chi connectivity index (χ0v) is 12.0. The van der Waals surface area contributed by atoms with Crippen molar-refractivity contribution < 1.29 is 0 Å². The van der Waals surface area contributed by atoms with Crippen LogP contribution in [0, 0.1) is 20.8 Å². The Morgan fingerprint density at radius 2 is 1.68 bits per heavy atom. The summed E-state index contributed by atoms with van der Waals surface area (Å²) in [5.41, 5.74) is 8.47. The predicted molar refractivity (Wildman–Crippen MR) is 82.0 cm³/mol. The van der Waals surface area contributed by atoms with Crippen molar-refractivity contribution in [3.05, 3.63) is 64.2 Å². The van der Waals surface area contributed by atoms with Crippen molar-refractivity contribution in [1.29, 1.82) is 0 Å². The minimum atomic E-state index is 0.592. The predicted octanol–water partition coefficient (Wildman–Crippen LogP) is 4.36. The van der Waals surface area contributed by atoms with E-state index in [1.54, 1.807) is 0 Å². The molecule has 0 spiro atoms. The van der Waals surface area contributed by atoms with Crippen molar-refractivity contribution in [2.24, 2.45) is 0 Å². The van der Waals surface area contributed by atoms with E-state index in [1.807, 2.05) is 0 Å². The third-order valence-electron chi connectivity index (χ3n) is 4.34. The van der Waals surface area contributed by atoms with E-state index in [9.17, 15) is 0 Å². The van der Waals surface area contributed by atoms with E-state index in [0.717, 1.165) is 13.0 Å². The molecule has 2 aromatic rings. The number of rotatable bonds is 1. The molecular weight excluding hydrogens is 230 g/mol. The number of benzene rings is 2. The quantitative estimate of drug-likeness (QED) is 0.794. The van der Waals surface area contributed by atoms with Gasteiger partial charge in [-0.25, -0.2) is 0 Å². The van der Waals surface area contributed by atoms with Gasteiger partial charge in [0, 0.05) is 18.2 Å². The Balaban J connectivity index is 1.95. The summed E-state index contributed by atoms with van der Waals surface area (Å²) >= 11 is 0. The second kappa shape index (κ2) is 4.73. The van der Waals surface area contributed by atoms with Gasteiger partial charge in [-0.1, -0.05) is 30.3 Å². The van der Waals surface area contributed by atoms with Gasteiger partial charge >= 0.3 is 0 Å². The number of para-hydroxylation sites is 1. The second-order valence-electron chi connectivity index (χ2n) is 5.73. The van der Waals surface area contributed by atoms with Gasteiger partial charge in [-0.2, -0.15) is 0 Å². The average molecular weight is 251 g/mol. The van der Waals surface area contributed by atoms with Gasteiger partial charge in [-0.15, -0.1) is 0 Å². The summed E-state index contributed by atoms with van der Waals surface area (Å²) < 4.78 is 0. The highest BCUT2D eigenvalue weighted by molar-refractivity contribution is 5.55. The summed E-state index contributed by atoms with van der Waals surface area (Å²) in [4.78, 5) is 0. The molecule has 0 saturated heterocycles. The molecule has 0 saturated carbocycles. The lowest BCUT2D eigenvalue weighted by molar-refractivity contribution is 0.689. The molecule has 1 aliphatic rings. The van der Waals surface area contributed by atoms with Gasteiger partial charge < -0.3 is 5.32 Å². The molecule has 1 atom stereocenters. The molecule has 0 aromatic heterocycles. The lowest BCUT2D eigenvalue weighted by Crippen LogP contribution is -2.22. The normalized spacial score (nSPS) is 17.7. The lowest BCUT2D eigenvalue weighted by Gasteiger charge is -2.28. The maximum absolute atomic E-state index is 3.57. The van der Waals surface area contributed by atoms with Gasteiger partial charge in [0.1, 0.15) is 0 Å². The van der Waals surface area contributed by atoms with Crippen molar-refractivity contribution in [2.45, 2.75) is 33.1 Å². The molecule has 0 aliphatic carbocycles. The Hall–Kier alpha value is -1.76. The molecule has 0 amide bonds. The number of fused-ring (bicyclic) bond motifs is 1. The summed E-state index contributed by atoms with van der Waals surface area (Å²) in [7, 11) is 0. The molecule has 1 aliphatic heterocycles. The Labute approximate surface area is 115 Å². The molecule has 98 valence electrons. The molecular formula is C18H21N. The van der Waals surface area contributed by atoms with E-state index in [1.165, 1.54) is 33.5 Å². The molecule has 1 heterocycles. The monoisotopic (exact) mass is 251 g/mol. The molecule has 2 aromatic carbocycles. The standard InChI is InChI=1S/C18H21N/c1-12-8-14(3)17(9-13(12)2)16-10-15-6-4-5-7-18(15)19-11-16/h4-9,16,19H,10-11H2,1-3H3. The van der Waals surface area contributed by atoms with Gasteiger partial charge in [0.15, 0.2) is 0 Å². The first kappa shape index (κ1) is 12.3. The Morgan fingerprint density at radius 1 is 0.947 bits per heavy atom. The van der Waals surface area contributed by atoms with Crippen LogP contribution in [0.3, 0.4) is 0 Å². The fourth-order valence-electron chi connectivity index (χ4n) is 3.08. The largest absolute Gasteiger partial charge is 0.384 e. The van der Waals surface area contributed by atoms with Crippen LogP contribution in [0.1, 0.15) is 33.7 Å². The van der Waals surface area contributed by atoms with Crippen LogP contribution in [0.4, 0.5) is 5.69 Å². The fourth-order valence-corrected chi connectivity index (χ4v) is 3.08. The third kappa shape index (κ3) is 2.25. The highest BCUT2D eigenvalue weighted by Crippen LogP contribution is 2.32. The molecule has 0 fully saturated rings. The molecule has 1 heteroatoms. The van der Waals surface area contributed by atoms with E-state index in [0.29, 0.717) is 5.92 Å². The molecule has 0 bridgehead atoms. The van der Waals surface area contributed by atoms with E-state index in [-0.39, 0.29) is 0 Å². The number of hydrogen-bond acceptors (Lipinski definition) is 1. The topological polar surface area (TPSA) is 12.0 Å². The van der Waals surface area contributed by atoms with Crippen LogP contribution >= 0.6 is 0 Å². The van der Waals surface area contributed by atoms with Gasteiger partial charge in [0.2, 0.25) is 0 Å².